The van der Waals surface area contributed by atoms with Crippen LogP contribution in [0.4, 0.5) is 5.69 Å². The number of hydrogen-bond acceptors (Lipinski definition) is 4. The molecule has 0 radical (unpaired) electrons. The highest BCUT2D eigenvalue weighted by Crippen LogP contribution is 2.26. The minimum Gasteiger partial charge on any atom is -0.352 e. The molecule has 1 atom stereocenters. The zero-order chi connectivity index (χ0) is 29.6. The van der Waals surface area contributed by atoms with Crippen LogP contribution in [0.25, 0.3) is 0 Å². The van der Waals surface area contributed by atoms with Crippen LogP contribution in [-0.4, -0.2) is 50.0 Å². The molecular formula is C32H38BrN3O4S. The minimum atomic E-state index is -3.81. The van der Waals surface area contributed by atoms with E-state index < -0.39 is 28.5 Å². The Morgan fingerprint density at radius 3 is 2.29 bits per heavy atom. The Kier molecular flexibility index (Phi) is 10.3. The van der Waals surface area contributed by atoms with Gasteiger partial charge in [-0.05, 0) is 67.1 Å². The summed E-state index contributed by atoms with van der Waals surface area (Å²) in [6, 6.07) is 22.0. The summed E-state index contributed by atoms with van der Waals surface area (Å²) in [5.74, 6) is -0.666. The van der Waals surface area contributed by atoms with Crippen molar-refractivity contribution in [3.8, 4) is 0 Å². The van der Waals surface area contributed by atoms with Gasteiger partial charge >= 0.3 is 0 Å². The van der Waals surface area contributed by atoms with Gasteiger partial charge in [-0.25, -0.2) is 8.42 Å². The molecule has 1 aliphatic rings. The fraction of sp³-hybridized carbons (Fsp3) is 0.375. The zero-order valence-corrected chi connectivity index (χ0v) is 26.2. The molecule has 4 rings (SSSR count). The molecule has 1 fully saturated rings. The monoisotopic (exact) mass is 639 g/mol. The van der Waals surface area contributed by atoms with Crippen molar-refractivity contribution in [3.63, 3.8) is 0 Å². The predicted octanol–water partition coefficient (Wildman–Crippen LogP) is 5.53. The first kappa shape index (κ1) is 30.8. The maximum atomic E-state index is 14.3. The largest absolute Gasteiger partial charge is 0.352 e. The summed E-state index contributed by atoms with van der Waals surface area (Å²) in [6.45, 7) is 3.44. The van der Waals surface area contributed by atoms with E-state index in [0.29, 0.717) is 12.1 Å². The first-order valence-corrected chi connectivity index (χ1v) is 16.6. The van der Waals surface area contributed by atoms with E-state index in [1.54, 1.807) is 11.0 Å². The van der Waals surface area contributed by atoms with Gasteiger partial charge in [-0.2, -0.15) is 0 Å². The Balaban J connectivity index is 1.74. The van der Waals surface area contributed by atoms with Crippen molar-refractivity contribution in [2.24, 2.45) is 0 Å². The van der Waals surface area contributed by atoms with E-state index in [2.05, 4.69) is 21.2 Å². The number of rotatable bonds is 11. The third-order valence-corrected chi connectivity index (χ3v) is 9.15. The second-order valence-electron chi connectivity index (χ2n) is 10.9. The lowest BCUT2D eigenvalue weighted by atomic mass is 10.0. The average Bonchev–Trinajstić information content (AvgIpc) is 3.43. The lowest BCUT2D eigenvalue weighted by Crippen LogP contribution is -2.54. The Bertz CT molecular complexity index is 1470. The van der Waals surface area contributed by atoms with Gasteiger partial charge in [-0.1, -0.05) is 83.4 Å². The average molecular weight is 641 g/mol. The van der Waals surface area contributed by atoms with E-state index in [0.717, 1.165) is 63.0 Å². The molecular weight excluding hydrogens is 602 g/mol. The van der Waals surface area contributed by atoms with Gasteiger partial charge in [0.25, 0.3) is 0 Å². The topological polar surface area (TPSA) is 86.8 Å². The Labute approximate surface area is 252 Å². The minimum absolute atomic E-state index is 0.0751. The van der Waals surface area contributed by atoms with Gasteiger partial charge in [0.15, 0.2) is 0 Å². The molecule has 0 unspecified atom stereocenters. The highest BCUT2D eigenvalue weighted by Gasteiger charge is 2.34. The van der Waals surface area contributed by atoms with Gasteiger partial charge in [0, 0.05) is 23.5 Å². The number of sulfonamides is 1. The molecule has 3 aromatic rings. The summed E-state index contributed by atoms with van der Waals surface area (Å²) in [6.07, 6.45) is 5.37. The number of amides is 2. The Morgan fingerprint density at radius 1 is 0.951 bits per heavy atom. The van der Waals surface area contributed by atoms with Gasteiger partial charge in [-0.3, -0.25) is 13.9 Å². The summed E-state index contributed by atoms with van der Waals surface area (Å²) in [4.78, 5) is 29.7. The number of carbonyl (C=O) groups is 2. The lowest BCUT2D eigenvalue weighted by Gasteiger charge is -2.34. The fourth-order valence-corrected chi connectivity index (χ4v) is 6.68. The van der Waals surface area contributed by atoms with Crippen molar-refractivity contribution in [3.05, 3.63) is 99.5 Å². The molecule has 9 heteroatoms. The molecule has 7 nitrogen and oxygen atoms in total. The molecule has 2 amide bonds. The summed E-state index contributed by atoms with van der Waals surface area (Å²) < 4.78 is 28.1. The van der Waals surface area contributed by atoms with Crippen LogP contribution in [-0.2, 0) is 32.6 Å². The predicted molar refractivity (Wildman–Crippen MR) is 167 cm³/mol. The normalized spacial score (nSPS) is 14.4. The van der Waals surface area contributed by atoms with Crippen LogP contribution in [0.15, 0.2) is 77.3 Å². The van der Waals surface area contributed by atoms with Crippen LogP contribution in [0, 0.1) is 13.8 Å². The molecule has 0 spiro atoms. The number of aryl methyl sites for hydroxylation is 2. The third kappa shape index (κ3) is 8.42. The quantitative estimate of drug-likeness (QED) is 0.299. The molecule has 41 heavy (non-hydrogen) atoms. The molecule has 0 aliphatic heterocycles. The second kappa shape index (κ2) is 13.7. The molecule has 0 aromatic heterocycles. The first-order chi connectivity index (χ1) is 19.5. The number of benzene rings is 3. The Morgan fingerprint density at radius 2 is 1.63 bits per heavy atom. The smallest absolute Gasteiger partial charge is 0.244 e. The summed E-state index contributed by atoms with van der Waals surface area (Å²) in [5, 5.41) is 3.19. The SMILES string of the molecule is Cc1ccc(C)c(N(CC(=O)N(Cc2cccc(Br)c2)[C@@H](Cc2ccccc2)C(=O)NC2CCCC2)S(C)(=O)=O)c1. The van der Waals surface area contributed by atoms with Crippen LogP contribution < -0.4 is 9.62 Å². The van der Waals surface area contributed by atoms with E-state index in [4.69, 9.17) is 0 Å². The number of anilines is 1. The molecule has 3 aromatic carbocycles. The van der Waals surface area contributed by atoms with Crippen molar-refractivity contribution in [1.82, 2.24) is 10.2 Å². The van der Waals surface area contributed by atoms with Crippen molar-refractivity contribution < 1.29 is 18.0 Å². The number of halogens is 1. The van der Waals surface area contributed by atoms with Gasteiger partial charge in [0.05, 0.1) is 11.9 Å². The van der Waals surface area contributed by atoms with Crippen LogP contribution >= 0.6 is 15.9 Å². The van der Waals surface area contributed by atoms with E-state index in [-0.39, 0.29) is 18.5 Å². The maximum Gasteiger partial charge on any atom is 0.244 e. The lowest BCUT2D eigenvalue weighted by molar-refractivity contribution is -0.140. The van der Waals surface area contributed by atoms with E-state index in [9.17, 15) is 18.0 Å². The van der Waals surface area contributed by atoms with E-state index in [1.807, 2.05) is 80.6 Å². The van der Waals surface area contributed by atoms with Crippen molar-refractivity contribution in [2.45, 2.75) is 64.6 Å². The first-order valence-electron chi connectivity index (χ1n) is 13.9. The summed E-state index contributed by atoms with van der Waals surface area (Å²) in [5.41, 5.74) is 3.83. The van der Waals surface area contributed by atoms with Crippen molar-refractivity contribution in [2.75, 3.05) is 17.1 Å². The molecule has 0 heterocycles. The van der Waals surface area contributed by atoms with Crippen LogP contribution in [0.3, 0.4) is 0 Å². The Hall–Kier alpha value is -3.17. The number of nitrogens with zero attached hydrogens (tertiary/aromatic N) is 2. The van der Waals surface area contributed by atoms with Crippen molar-refractivity contribution in [1.29, 1.82) is 0 Å². The molecule has 0 bridgehead atoms. The van der Waals surface area contributed by atoms with Gasteiger partial charge in [0.2, 0.25) is 21.8 Å². The van der Waals surface area contributed by atoms with Crippen LogP contribution in [0.1, 0.15) is 47.9 Å². The summed E-state index contributed by atoms with van der Waals surface area (Å²) >= 11 is 3.51. The van der Waals surface area contributed by atoms with Crippen molar-refractivity contribution >= 4 is 43.5 Å². The van der Waals surface area contributed by atoms with Gasteiger partial charge < -0.3 is 10.2 Å². The standard InChI is InChI=1S/C32H38BrN3O4S/c1-23-16-17-24(2)29(18-23)36(41(3,39)40)22-31(37)35(21-26-12-9-13-27(33)19-26)30(20-25-10-5-4-6-11-25)32(38)34-28-14-7-8-15-28/h4-6,9-13,16-19,28,30H,7-8,14-15,20-22H2,1-3H3,(H,34,38)/t30-/m0/s1. The van der Waals surface area contributed by atoms with Gasteiger partial charge in [-0.15, -0.1) is 0 Å². The number of nitrogens with one attached hydrogen (secondary N) is 1. The fourth-order valence-electron chi connectivity index (χ4n) is 5.34. The summed E-state index contributed by atoms with van der Waals surface area (Å²) in [7, 11) is -3.81. The molecule has 1 aliphatic carbocycles. The zero-order valence-electron chi connectivity index (χ0n) is 23.8. The number of carbonyl (C=O) groups excluding carboxylic acids is 2. The highest BCUT2D eigenvalue weighted by atomic mass is 79.9. The molecule has 1 saturated carbocycles. The number of hydrogen-bond donors (Lipinski definition) is 1. The second-order valence-corrected chi connectivity index (χ2v) is 13.7. The van der Waals surface area contributed by atoms with Gasteiger partial charge in [0.1, 0.15) is 12.6 Å². The highest BCUT2D eigenvalue weighted by molar-refractivity contribution is 9.10. The molecule has 1 N–H and O–H groups in total. The van der Waals surface area contributed by atoms with E-state index in [1.165, 1.54) is 0 Å². The maximum absolute atomic E-state index is 14.3. The molecule has 218 valence electrons. The third-order valence-electron chi connectivity index (χ3n) is 7.53. The van der Waals surface area contributed by atoms with E-state index >= 15 is 0 Å². The van der Waals surface area contributed by atoms with Crippen LogP contribution in [0.5, 0.6) is 0 Å². The van der Waals surface area contributed by atoms with Crippen LogP contribution in [0.2, 0.25) is 0 Å². The molecule has 0 saturated heterocycles.